The molecule has 0 unspecified atom stereocenters. The molecule has 1 heteroatoms. The van der Waals surface area contributed by atoms with Crippen LogP contribution in [0.15, 0.2) is 34.9 Å². The van der Waals surface area contributed by atoms with Crippen LogP contribution in [0.3, 0.4) is 0 Å². The molecule has 76 valence electrons. The number of rotatable bonds is 1. The molecular formula is C13H18O. The largest absolute Gasteiger partial charge is 0.464 e. The zero-order chi connectivity index (χ0) is 10.4. The summed E-state index contributed by atoms with van der Waals surface area (Å²) < 4.78 is 5.34. The Labute approximate surface area is 85.7 Å². The monoisotopic (exact) mass is 190 g/mol. The van der Waals surface area contributed by atoms with Gasteiger partial charge in [0.1, 0.15) is 5.58 Å². The summed E-state index contributed by atoms with van der Waals surface area (Å²) in [7, 11) is 0. The highest BCUT2D eigenvalue weighted by atomic mass is 16.3. The molecule has 0 N–H and O–H groups in total. The van der Waals surface area contributed by atoms with Crippen molar-refractivity contribution in [1.29, 1.82) is 0 Å². The van der Waals surface area contributed by atoms with Crippen LogP contribution in [0.25, 0.3) is 11.0 Å². The lowest BCUT2D eigenvalue weighted by atomic mass is 10.1. The van der Waals surface area contributed by atoms with Gasteiger partial charge in [0, 0.05) is 5.39 Å². The Morgan fingerprint density at radius 3 is 2.36 bits per heavy atom. The van der Waals surface area contributed by atoms with E-state index in [1.54, 1.807) is 0 Å². The molecule has 0 aliphatic carbocycles. The first-order chi connectivity index (χ1) is 6.83. The molecule has 1 aromatic heterocycles. The Morgan fingerprint density at radius 2 is 1.71 bits per heavy atom. The van der Waals surface area contributed by atoms with Crippen LogP contribution >= 0.6 is 0 Å². The molecule has 0 aliphatic rings. The SMILES string of the molecule is CCC.CCc1coc2ccccc12. The smallest absolute Gasteiger partial charge is 0.134 e. The average Bonchev–Trinajstić information content (AvgIpc) is 2.62. The normalized spacial score (nSPS) is 9.64. The quantitative estimate of drug-likeness (QED) is 0.649. The number of aryl methyl sites for hydroxylation is 1. The number of furan rings is 1. The molecule has 1 heterocycles. The first-order valence-electron chi connectivity index (χ1n) is 5.28. The van der Waals surface area contributed by atoms with Crippen LogP contribution < -0.4 is 0 Å². The Bertz CT molecular complexity index is 373. The van der Waals surface area contributed by atoms with Gasteiger partial charge in [-0.05, 0) is 18.1 Å². The number of hydrogen-bond acceptors (Lipinski definition) is 1. The summed E-state index contributed by atoms with van der Waals surface area (Å²) in [6, 6.07) is 8.12. The maximum atomic E-state index is 5.34. The fraction of sp³-hybridized carbons (Fsp3) is 0.385. The Kier molecular flexibility index (Phi) is 4.24. The van der Waals surface area contributed by atoms with E-state index in [2.05, 4.69) is 26.8 Å². The lowest BCUT2D eigenvalue weighted by molar-refractivity contribution is 0.611. The number of para-hydroxylation sites is 1. The van der Waals surface area contributed by atoms with Gasteiger partial charge in [-0.1, -0.05) is 45.4 Å². The van der Waals surface area contributed by atoms with Gasteiger partial charge >= 0.3 is 0 Å². The zero-order valence-corrected chi connectivity index (χ0v) is 9.21. The van der Waals surface area contributed by atoms with E-state index >= 15 is 0 Å². The standard InChI is InChI=1S/C10H10O.C3H8/c1-2-8-7-11-10-6-4-3-5-9(8)10;1-3-2/h3-7H,2H2,1H3;3H2,1-2H3. The fourth-order valence-electron chi connectivity index (χ4n) is 1.31. The van der Waals surface area contributed by atoms with Crippen LogP contribution in [0.1, 0.15) is 32.8 Å². The van der Waals surface area contributed by atoms with Crippen molar-refractivity contribution < 1.29 is 4.42 Å². The Morgan fingerprint density at radius 1 is 1.07 bits per heavy atom. The van der Waals surface area contributed by atoms with E-state index in [9.17, 15) is 0 Å². The predicted molar refractivity (Wildman–Crippen MR) is 61.6 cm³/mol. The molecule has 0 saturated heterocycles. The van der Waals surface area contributed by atoms with Gasteiger partial charge in [0.05, 0.1) is 6.26 Å². The van der Waals surface area contributed by atoms with E-state index in [-0.39, 0.29) is 0 Å². The minimum absolute atomic E-state index is 0.990. The third-order valence-corrected chi connectivity index (χ3v) is 1.94. The molecule has 2 aromatic rings. The molecule has 0 bridgehead atoms. The molecule has 0 fully saturated rings. The first-order valence-corrected chi connectivity index (χ1v) is 5.28. The van der Waals surface area contributed by atoms with Gasteiger partial charge in [0.25, 0.3) is 0 Å². The third kappa shape index (κ3) is 2.38. The number of benzene rings is 1. The number of fused-ring (bicyclic) bond motifs is 1. The summed E-state index contributed by atoms with van der Waals surface area (Å²) in [5.74, 6) is 0. The van der Waals surface area contributed by atoms with Crippen LogP contribution in [0.5, 0.6) is 0 Å². The van der Waals surface area contributed by atoms with Gasteiger partial charge in [-0.3, -0.25) is 0 Å². The van der Waals surface area contributed by atoms with E-state index in [0.717, 1.165) is 12.0 Å². The molecule has 0 spiro atoms. The lowest BCUT2D eigenvalue weighted by Gasteiger charge is -1.88. The highest BCUT2D eigenvalue weighted by molar-refractivity contribution is 5.80. The molecule has 1 nitrogen and oxygen atoms in total. The summed E-state index contributed by atoms with van der Waals surface area (Å²) >= 11 is 0. The summed E-state index contributed by atoms with van der Waals surface area (Å²) in [5, 5.41) is 1.25. The predicted octanol–water partition coefficient (Wildman–Crippen LogP) is 4.41. The van der Waals surface area contributed by atoms with Crippen molar-refractivity contribution in [3.05, 3.63) is 36.1 Å². The molecule has 0 atom stereocenters. The Balaban J connectivity index is 0.000000293. The maximum Gasteiger partial charge on any atom is 0.134 e. The average molecular weight is 190 g/mol. The summed E-state index contributed by atoms with van der Waals surface area (Å²) in [5.41, 5.74) is 2.28. The summed E-state index contributed by atoms with van der Waals surface area (Å²) in [4.78, 5) is 0. The summed E-state index contributed by atoms with van der Waals surface area (Å²) in [6.45, 7) is 6.39. The lowest BCUT2D eigenvalue weighted by Crippen LogP contribution is -1.72. The fourth-order valence-corrected chi connectivity index (χ4v) is 1.31. The molecule has 2 rings (SSSR count). The van der Waals surface area contributed by atoms with Gasteiger partial charge in [0.15, 0.2) is 0 Å². The van der Waals surface area contributed by atoms with Gasteiger partial charge in [-0.2, -0.15) is 0 Å². The van der Waals surface area contributed by atoms with Crippen molar-refractivity contribution in [2.45, 2.75) is 33.6 Å². The minimum Gasteiger partial charge on any atom is -0.464 e. The minimum atomic E-state index is 0.990. The van der Waals surface area contributed by atoms with E-state index in [1.807, 2.05) is 24.5 Å². The molecule has 0 radical (unpaired) electrons. The van der Waals surface area contributed by atoms with E-state index in [4.69, 9.17) is 4.42 Å². The topological polar surface area (TPSA) is 13.1 Å². The molecule has 0 saturated carbocycles. The molecular weight excluding hydrogens is 172 g/mol. The van der Waals surface area contributed by atoms with Crippen LogP contribution in [0.2, 0.25) is 0 Å². The number of hydrogen-bond donors (Lipinski definition) is 0. The van der Waals surface area contributed by atoms with E-state index in [1.165, 1.54) is 17.4 Å². The van der Waals surface area contributed by atoms with Crippen molar-refractivity contribution in [3.63, 3.8) is 0 Å². The van der Waals surface area contributed by atoms with Gasteiger partial charge in [0.2, 0.25) is 0 Å². The highest BCUT2D eigenvalue weighted by Crippen LogP contribution is 2.20. The third-order valence-electron chi connectivity index (χ3n) is 1.94. The second-order valence-corrected chi connectivity index (χ2v) is 3.32. The van der Waals surface area contributed by atoms with E-state index in [0.29, 0.717) is 0 Å². The van der Waals surface area contributed by atoms with Crippen molar-refractivity contribution in [3.8, 4) is 0 Å². The van der Waals surface area contributed by atoms with Crippen LogP contribution in [0.4, 0.5) is 0 Å². The summed E-state index contributed by atoms with van der Waals surface area (Å²) in [6.07, 6.45) is 4.13. The molecule has 1 aromatic carbocycles. The van der Waals surface area contributed by atoms with E-state index < -0.39 is 0 Å². The van der Waals surface area contributed by atoms with Gasteiger partial charge in [-0.25, -0.2) is 0 Å². The van der Waals surface area contributed by atoms with Gasteiger partial charge in [-0.15, -0.1) is 0 Å². The zero-order valence-electron chi connectivity index (χ0n) is 9.21. The second-order valence-electron chi connectivity index (χ2n) is 3.32. The highest BCUT2D eigenvalue weighted by Gasteiger charge is 2.00. The Hall–Kier alpha value is -1.24. The van der Waals surface area contributed by atoms with Crippen molar-refractivity contribution in [2.24, 2.45) is 0 Å². The molecule has 0 amide bonds. The maximum absolute atomic E-state index is 5.34. The van der Waals surface area contributed by atoms with Crippen molar-refractivity contribution in [1.82, 2.24) is 0 Å². The van der Waals surface area contributed by atoms with Crippen LogP contribution in [-0.2, 0) is 6.42 Å². The molecule has 0 aliphatic heterocycles. The van der Waals surface area contributed by atoms with Crippen LogP contribution in [0, 0.1) is 0 Å². The van der Waals surface area contributed by atoms with Crippen molar-refractivity contribution in [2.75, 3.05) is 0 Å². The van der Waals surface area contributed by atoms with Gasteiger partial charge < -0.3 is 4.42 Å². The van der Waals surface area contributed by atoms with Crippen LogP contribution in [-0.4, -0.2) is 0 Å². The molecule has 14 heavy (non-hydrogen) atoms. The first kappa shape index (κ1) is 10.8. The van der Waals surface area contributed by atoms with Crippen molar-refractivity contribution >= 4 is 11.0 Å². The second kappa shape index (κ2) is 5.48.